The molecule has 0 fully saturated rings. The van der Waals surface area contributed by atoms with E-state index in [1.54, 1.807) is 0 Å². The van der Waals surface area contributed by atoms with Crippen LogP contribution in [-0.4, -0.2) is 27.9 Å². The zero-order valence-corrected chi connectivity index (χ0v) is 12.7. The lowest BCUT2D eigenvalue weighted by Gasteiger charge is -2.29. The van der Waals surface area contributed by atoms with Crippen LogP contribution in [0.3, 0.4) is 0 Å². The van der Waals surface area contributed by atoms with Crippen LogP contribution in [0.2, 0.25) is 12.1 Å². The van der Waals surface area contributed by atoms with E-state index in [-0.39, 0.29) is 0 Å². The lowest BCUT2D eigenvalue weighted by atomic mass is 10.5. The first-order valence-electron chi connectivity index (χ1n) is 6.48. The third kappa shape index (κ3) is 10.4. The summed E-state index contributed by atoms with van der Waals surface area (Å²) >= 11 is 0. The molecule has 5 heteroatoms. The van der Waals surface area contributed by atoms with E-state index >= 15 is 0 Å². The van der Waals surface area contributed by atoms with Gasteiger partial charge in [0, 0.05) is 13.2 Å². The predicted octanol–water partition coefficient (Wildman–Crippen LogP) is 3.61. The van der Waals surface area contributed by atoms with Crippen LogP contribution in [0.25, 0.3) is 0 Å². The summed E-state index contributed by atoms with van der Waals surface area (Å²) in [6.07, 6.45) is 4.11. The fourth-order valence-corrected chi connectivity index (χ4v) is 4.57. The molecule has 0 radical (unpaired) electrons. The van der Waals surface area contributed by atoms with Gasteiger partial charge in [0.1, 0.15) is 0 Å². The molecule has 17 heavy (non-hydrogen) atoms. The van der Waals surface area contributed by atoms with Gasteiger partial charge in [0.2, 0.25) is 6.08 Å². The predicted molar refractivity (Wildman–Crippen MR) is 72.2 cm³/mol. The van der Waals surface area contributed by atoms with Gasteiger partial charge in [-0.2, -0.15) is 0 Å². The van der Waals surface area contributed by atoms with Gasteiger partial charge >= 0.3 is 8.56 Å². The standard InChI is InChI=1S/C11H26O2Si.CHNO/c1-5-9-12-14(8-4,11-7-3)13-10-6-2;2-1-3/h5-11H2,1-4H3;2H. The molecule has 0 amide bonds. The molecule has 0 aromatic heterocycles. The summed E-state index contributed by atoms with van der Waals surface area (Å²) in [5.74, 6) is 0. The summed E-state index contributed by atoms with van der Waals surface area (Å²) < 4.78 is 12.0. The molecule has 0 bridgehead atoms. The van der Waals surface area contributed by atoms with Gasteiger partial charge in [-0.1, -0.05) is 34.1 Å². The molecule has 0 rings (SSSR count). The van der Waals surface area contributed by atoms with Gasteiger partial charge < -0.3 is 8.85 Å². The zero-order chi connectivity index (χ0) is 13.6. The maximum absolute atomic E-state index is 8.35. The Morgan fingerprint density at radius 3 is 1.65 bits per heavy atom. The van der Waals surface area contributed by atoms with E-state index in [1.807, 2.05) is 0 Å². The van der Waals surface area contributed by atoms with Gasteiger partial charge in [0.05, 0.1) is 0 Å². The van der Waals surface area contributed by atoms with Crippen LogP contribution in [0.15, 0.2) is 0 Å². The molecule has 0 heterocycles. The number of nitrogens with one attached hydrogen (secondary N) is 1. The minimum Gasteiger partial charge on any atom is -0.394 e. The lowest BCUT2D eigenvalue weighted by Crippen LogP contribution is -2.41. The van der Waals surface area contributed by atoms with Crippen LogP contribution >= 0.6 is 0 Å². The second-order valence-electron chi connectivity index (χ2n) is 3.81. The third-order valence-electron chi connectivity index (χ3n) is 2.31. The maximum Gasteiger partial charge on any atom is 0.337 e. The van der Waals surface area contributed by atoms with Gasteiger partial charge in [-0.15, -0.1) is 0 Å². The largest absolute Gasteiger partial charge is 0.394 e. The minimum atomic E-state index is -1.81. The number of carbonyl (C=O) groups excluding carboxylic acids is 1. The van der Waals surface area contributed by atoms with E-state index in [4.69, 9.17) is 19.1 Å². The molecule has 0 saturated carbocycles. The Morgan fingerprint density at radius 1 is 1.00 bits per heavy atom. The van der Waals surface area contributed by atoms with Crippen molar-refractivity contribution in [2.45, 2.75) is 59.0 Å². The van der Waals surface area contributed by atoms with Gasteiger partial charge in [-0.25, -0.2) is 10.2 Å². The first kappa shape index (κ1) is 18.9. The fourth-order valence-electron chi connectivity index (χ4n) is 1.52. The quantitative estimate of drug-likeness (QED) is 0.392. The normalized spacial score (nSPS) is 10.4. The number of hydrogen-bond acceptors (Lipinski definition) is 4. The Bertz CT molecular complexity index is 186. The molecule has 4 nitrogen and oxygen atoms in total. The van der Waals surface area contributed by atoms with E-state index in [0.717, 1.165) is 44.2 Å². The Balaban J connectivity index is 0. The van der Waals surface area contributed by atoms with Crippen molar-refractivity contribution in [1.29, 1.82) is 5.41 Å². The Morgan fingerprint density at radius 2 is 1.41 bits per heavy atom. The topological polar surface area (TPSA) is 59.4 Å². The molecule has 102 valence electrons. The molecule has 0 atom stereocenters. The monoisotopic (exact) mass is 261 g/mol. The van der Waals surface area contributed by atoms with Crippen molar-refractivity contribution >= 4 is 14.6 Å². The maximum atomic E-state index is 8.35. The van der Waals surface area contributed by atoms with Crippen LogP contribution in [0, 0.1) is 5.41 Å². The van der Waals surface area contributed by atoms with E-state index in [0.29, 0.717) is 0 Å². The zero-order valence-electron chi connectivity index (χ0n) is 11.7. The van der Waals surface area contributed by atoms with E-state index in [2.05, 4.69) is 27.7 Å². The van der Waals surface area contributed by atoms with Crippen LogP contribution < -0.4 is 0 Å². The first-order chi connectivity index (χ1) is 8.16. The second-order valence-corrected chi connectivity index (χ2v) is 7.42. The van der Waals surface area contributed by atoms with Crippen molar-refractivity contribution < 1.29 is 13.6 Å². The summed E-state index contributed by atoms with van der Waals surface area (Å²) in [7, 11) is -1.81. The highest BCUT2D eigenvalue weighted by molar-refractivity contribution is 6.67. The molecule has 0 aromatic rings. The summed E-state index contributed by atoms with van der Waals surface area (Å²) in [5.41, 5.74) is 0. The molecule has 0 aliphatic rings. The fraction of sp³-hybridized carbons (Fsp3) is 0.917. The minimum absolute atomic E-state index is 0.750. The van der Waals surface area contributed by atoms with Gasteiger partial charge in [-0.3, -0.25) is 0 Å². The molecule has 0 saturated heterocycles. The van der Waals surface area contributed by atoms with Crippen molar-refractivity contribution in [2.75, 3.05) is 13.2 Å². The van der Waals surface area contributed by atoms with Crippen molar-refractivity contribution in [1.82, 2.24) is 0 Å². The van der Waals surface area contributed by atoms with E-state index < -0.39 is 8.56 Å². The summed E-state index contributed by atoms with van der Waals surface area (Å²) in [4.78, 5) is 8.35. The van der Waals surface area contributed by atoms with Crippen LogP contribution in [0.1, 0.15) is 47.0 Å². The third-order valence-corrected chi connectivity index (χ3v) is 6.11. The molecular weight excluding hydrogens is 234 g/mol. The van der Waals surface area contributed by atoms with Crippen molar-refractivity contribution in [3.05, 3.63) is 0 Å². The Labute approximate surface area is 106 Å². The average molecular weight is 261 g/mol. The molecule has 1 N–H and O–H groups in total. The van der Waals surface area contributed by atoms with Crippen LogP contribution in [0.4, 0.5) is 0 Å². The molecular formula is C12H27NO3Si. The van der Waals surface area contributed by atoms with Crippen molar-refractivity contribution in [3.8, 4) is 0 Å². The number of isocyanates is 1. The van der Waals surface area contributed by atoms with Gasteiger partial charge in [0.25, 0.3) is 0 Å². The van der Waals surface area contributed by atoms with Crippen LogP contribution in [-0.2, 0) is 13.6 Å². The lowest BCUT2D eigenvalue weighted by molar-refractivity contribution is 0.168. The van der Waals surface area contributed by atoms with Gasteiger partial charge in [-0.05, 0) is 24.9 Å². The summed E-state index contributed by atoms with van der Waals surface area (Å²) in [6.45, 7) is 10.4. The number of rotatable bonds is 9. The number of hydrogen-bond donors (Lipinski definition) is 1. The SMILES string of the molecule is CCCO[Si](CC)(CCC)OCCC.N=C=O. The molecule has 0 spiro atoms. The summed E-state index contributed by atoms with van der Waals surface area (Å²) in [5, 5.41) is 5.40. The smallest absolute Gasteiger partial charge is 0.337 e. The average Bonchev–Trinajstić information content (AvgIpc) is 2.34. The highest BCUT2D eigenvalue weighted by Crippen LogP contribution is 2.21. The molecule has 0 aliphatic carbocycles. The molecule has 0 unspecified atom stereocenters. The molecule has 0 aliphatic heterocycles. The van der Waals surface area contributed by atoms with Crippen molar-refractivity contribution in [3.63, 3.8) is 0 Å². The molecule has 0 aromatic carbocycles. The van der Waals surface area contributed by atoms with E-state index in [9.17, 15) is 0 Å². The highest BCUT2D eigenvalue weighted by atomic mass is 28.4. The first-order valence-corrected chi connectivity index (χ1v) is 8.71. The highest BCUT2D eigenvalue weighted by Gasteiger charge is 2.33. The van der Waals surface area contributed by atoms with Crippen molar-refractivity contribution in [2.24, 2.45) is 0 Å². The second kappa shape index (κ2) is 13.6. The summed E-state index contributed by atoms with van der Waals surface area (Å²) in [6, 6.07) is 2.23. The van der Waals surface area contributed by atoms with Crippen LogP contribution in [0.5, 0.6) is 0 Å². The van der Waals surface area contributed by atoms with E-state index in [1.165, 1.54) is 6.42 Å². The Hall–Kier alpha value is -0.483. The Kier molecular flexibility index (Phi) is 15.1. The van der Waals surface area contributed by atoms with Gasteiger partial charge in [0.15, 0.2) is 0 Å².